The molecule has 1 aromatic heterocycles. The molecule has 4 heteroatoms. The molecule has 1 aliphatic rings. The number of aromatic nitrogens is 1. The van der Waals surface area contributed by atoms with Crippen LogP contribution in [0.4, 0.5) is 0 Å². The van der Waals surface area contributed by atoms with Crippen molar-refractivity contribution in [1.82, 2.24) is 9.88 Å². The minimum absolute atomic E-state index is 0.0934. The molecule has 21 heavy (non-hydrogen) atoms. The van der Waals surface area contributed by atoms with Crippen LogP contribution in [0.2, 0.25) is 0 Å². The van der Waals surface area contributed by atoms with Gasteiger partial charge in [0, 0.05) is 18.4 Å². The van der Waals surface area contributed by atoms with Crippen LogP contribution in [0.1, 0.15) is 56.2 Å². The van der Waals surface area contributed by atoms with Crippen LogP contribution in [0.15, 0.2) is 18.5 Å². The molecule has 0 aromatic carbocycles. The summed E-state index contributed by atoms with van der Waals surface area (Å²) < 4.78 is 5.17. The van der Waals surface area contributed by atoms with Crippen LogP contribution in [0.25, 0.3) is 0 Å². The summed E-state index contributed by atoms with van der Waals surface area (Å²) in [7, 11) is 0. The second-order valence-corrected chi connectivity index (χ2v) is 5.71. The third-order valence-electron chi connectivity index (χ3n) is 4.19. The Morgan fingerprint density at radius 3 is 2.67 bits per heavy atom. The van der Waals surface area contributed by atoms with E-state index in [0.717, 1.165) is 18.7 Å². The van der Waals surface area contributed by atoms with Gasteiger partial charge in [0.1, 0.15) is 0 Å². The van der Waals surface area contributed by atoms with Crippen molar-refractivity contribution in [2.45, 2.75) is 52.0 Å². The van der Waals surface area contributed by atoms with Crippen molar-refractivity contribution >= 4 is 5.97 Å². The van der Waals surface area contributed by atoms with Gasteiger partial charge in [-0.25, -0.2) is 0 Å². The summed E-state index contributed by atoms with van der Waals surface area (Å²) in [6.45, 7) is 6.50. The second kappa shape index (κ2) is 8.13. The topological polar surface area (TPSA) is 42.4 Å². The molecule has 1 atom stereocenters. The highest BCUT2D eigenvalue weighted by molar-refractivity contribution is 5.70. The maximum Gasteiger partial charge on any atom is 0.307 e. The summed E-state index contributed by atoms with van der Waals surface area (Å²) in [5.41, 5.74) is 2.36. The summed E-state index contributed by atoms with van der Waals surface area (Å²) in [6.07, 6.45) is 9.12. The highest BCUT2D eigenvalue weighted by Crippen LogP contribution is 2.29. The lowest BCUT2D eigenvalue weighted by molar-refractivity contribution is -0.144. The molecule has 0 spiro atoms. The van der Waals surface area contributed by atoms with E-state index in [0.29, 0.717) is 13.0 Å². The smallest absolute Gasteiger partial charge is 0.307 e. The van der Waals surface area contributed by atoms with E-state index in [1.165, 1.54) is 31.2 Å². The van der Waals surface area contributed by atoms with Crippen LogP contribution >= 0.6 is 0 Å². The first kappa shape index (κ1) is 16.0. The fourth-order valence-corrected chi connectivity index (χ4v) is 3.05. The van der Waals surface area contributed by atoms with E-state index >= 15 is 0 Å². The minimum Gasteiger partial charge on any atom is -0.466 e. The molecule has 2 rings (SSSR count). The van der Waals surface area contributed by atoms with E-state index in [9.17, 15) is 4.79 Å². The number of aryl methyl sites for hydroxylation is 1. The third-order valence-corrected chi connectivity index (χ3v) is 4.19. The van der Waals surface area contributed by atoms with E-state index in [1.54, 1.807) is 0 Å². The number of pyridine rings is 1. The number of carbonyl (C=O) groups excluding carboxylic acids is 1. The van der Waals surface area contributed by atoms with Gasteiger partial charge >= 0.3 is 5.97 Å². The average Bonchev–Trinajstić information content (AvgIpc) is 2.75. The van der Waals surface area contributed by atoms with Crippen LogP contribution in [0.3, 0.4) is 0 Å². The Bertz CT molecular complexity index is 454. The van der Waals surface area contributed by atoms with Crippen molar-refractivity contribution in [3.8, 4) is 0 Å². The first-order valence-corrected chi connectivity index (χ1v) is 8.02. The Morgan fingerprint density at radius 2 is 2.05 bits per heavy atom. The normalized spacial score (nSPS) is 18.0. The fraction of sp³-hybridized carbons (Fsp3) is 0.647. The van der Waals surface area contributed by atoms with Crippen LogP contribution < -0.4 is 0 Å². The predicted octanol–water partition coefficient (Wildman–Crippen LogP) is 3.26. The molecule has 0 amide bonds. The highest BCUT2D eigenvalue weighted by Gasteiger charge is 2.26. The molecule has 4 nitrogen and oxygen atoms in total. The van der Waals surface area contributed by atoms with Gasteiger partial charge in [-0.15, -0.1) is 0 Å². The van der Waals surface area contributed by atoms with Gasteiger partial charge in [0.2, 0.25) is 0 Å². The molecule has 0 radical (unpaired) electrons. The van der Waals surface area contributed by atoms with Gasteiger partial charge in [0.25, 0.3) is 0 Å². The van der Waals surface area contributed by atoms with E-state index in [4.69, 9.17) is 4.74 Å². The molecule has 0 bridgehead atoms. The largest absolute Gasteiger partial charge is 0.466 e. The molecule has 0 saturated carbocycles. The minimum atomic E-state index is -0.116. The molecule has 1 aliphatic heterocycles. The molecule has 1 saturated heterocycles. The van der Waals surface area contributed by atoms with Crippen molar-refractivity contribution < 1.29 is 9.53 Å². The Hall–Kier alpha value is -1.42. The fourth-order valence-electron chi connectivity index (χ4n) is 3.05. The van der Waals surface area contributed by atoms with E-state index in [-0.39, 0.29) is 12.0 Å². The van der Waals surface area contributed by atoms with Crippen molar-refractivity contribution in [3.05, 3.63) is 29.6 Å². The SMILES string of the molecule is CCOC(=O)CC(c1cnccc1C)N1CCCCCC1. The predicted molar refractivity (Wildman–Crippen MR) is 83.0 cm³/mol. The monoisotopic (exact) mass is 290 g/mol. The average molecular weight is 290 g/mol. The van der Waals surface area contributed by atoms with Gasteiger partial charge in [0.05, 0.1) is 13.0 Å². The summed E-state index contributed by atoms with van der Waals surface area (Å²) in [5, 5.41) is 0. The standard InChI is InChI=1S/C17H26N2O2/c1-3-21-17(20)12-16(15-13-18-9-8-14(15)2)19-10-6-4-5-7-11-19/h8-9,13,16H,3-7,10-12H2,1-2H3. The Morgan fingerprint density at radius 1 is 1.33 bits per heavy atom. The van der Waals surface area contributed by atoms with Crippen LogP contribution in [-0.2, 0) is 9.53 Å². The zero-order valence-electron chi connectivity index (χ0n) is 13.2. The number of hydrogen-bond donors (Lipinski definition) is 0. The Kier molecular flexibility index (Phi) is 6.18. The summed E-state index contributed by atoms with van der Waals surface area (Å²) in [5.74, 6) is -0.116. The van der Waals surface area contributed by atoms with Crippen molar-refractivity contribution in [1.29, 1.82) is 0 Å². The maximum atomic E-state index is 12.0. The van der Waals surface area contributed by atoms with Crippen LogP contribution in [0.5, 0.6) is 0 Å². The first-order chi connectivity index (χ1) is 10.2. The summed E-state index contributed by atoms with van der Waals surface area (Å²) in [6, 6.07) is 2.11. The van der Waals surface area contributed by atoms with Gasteiger partial charge in [-0.1, -0.05) is 12.8 Å². The number of ether oxygens (including phenoxy) is 1. The van der Waals surface area contributed by atoms with E-state index in [1.807, 2.05) is 25.4 Å². The van der Waals surface area contributed by atoms with Gasteiger partial charge in [-0.2, -0.15) is 0 Å². The maximum absolute atomic E-state index is 12.0. The van der Waals surface area contributed by atoms with Gasteiger partial charge in [-0.3, -0.25) is 14.7 Å². The molecule has 1 fully saturated rings. The molecular formula is C17H26N2O2. The molecular weight excluding hydrogens is 264 g/mol. The van der Waals surface area contributed by atoms with Gasteiger partial charge < -0.3 is 4.74 Å². The third kappa shape index (κ3) is 4.53. The molecule has 0 N–H and O–H groups in total. The van der Waals surface area contributed by atoms with Crippen molar-refractivity contribution in [2.24, 2.45) is 0 Å². The lowest BCUT2D eigenvalue weighted by Gasteiger charge is -2.31. The van der Waals surface area contributed by atoms with Crippen LogP contribution in [0, 0.1) is 6.92 Å². The second-order valence-electron chi connectivity index (χ2n) is 5.71. The number of esters is 1. The molecule has 0 aliphatic carbocycles. The zero-order valence-corrected chi connectivity index (χ0v) is 13.2. The molecule has 1 unspecified atom stereocenters. The Balaban J connectivity index is 2.20. The number of rotatable bonds is 5. The summed E-state index contributed by atoms with van der Waals surface area (Å²) in [4.78, 5) is 18.7. The Labute approximate surface area is 127 Å². The van der Waals surface area contributed by atoms with Gasteiger partial charge in [-0.05, 0) is 57.0 Å². The molecule has 1 aromatic rings. The van der Waals surface area contributed by atoms with E-state index < -0.39 is 0 Å². The first-order valence-electron chi connectivity index (χ1n) is 8.02. The number of nitrogens with zero attached hydrogens (tertiary/aromatic N) is 2. The number of hydrogen-bond acceptors (Lipinski definition) is 4. The quantitative estimate of drug-likeness (QED) is 0.781. The lowest BCUT2D eigenvalue weighted by Crippen LogP contribution is -2.32. The van der Waals surface area contributed by atoms with Gasteiger partial charge in [0.15, 0.2) is 0 Å². The van der Waals surface area contributed by atoms with Crippen LogP contribution in [-0.4, -0.2) is 35.5 Å². The highest BCUT2D eigenvalue weighted by atomic mass is 16.5. The number of carbonyl (C=O) groups is 1. The molecule has 116 valence electrons. The number of likely N-dealkylation sites (tertiary alicyclic amines) is 1. The zero-order chi connectivity index (χ0) is 15.1. The summed E-state index contributed by atoms with van der Waals surface area (Å²) >= 11 is 0. The van der Waals surface area contributed by atoms with Crippen molar-refractivity contribution in [3.63, 3.8) is 0 Å². The van der Waals surface area contributed by atoms with Crippen molar-refractivity contribution in [2.75, 3.05) is 19.7 Å². The lowest BCUT2D eigenvalue weighted by atomic mass is 9.99. The van der Waals surface area contributed by atoms with E-state index in [2.05, 4.69) is 16.8 Å². The molecule has 2 heterocycles.